The highest BCUT2D eigenvalue weighted by Crippen LogP contribution is 2.19. The minimum absolute atomic E-state index is 0.0107. The van der Waals surface area contributed by atoms with Crippen LogP contribution in [0.2, 0.25) is 0 Å². The molecule has 1 atom stereocenters. The topological polar surface area (TPSA) is 49.4 Å². The first-order chi connectivity index (χ1) is 13.7. The van der Waals surface area contributed by atoms with Crippen molar-refractivity contribution >= 4 is 11.8 Å². The normalized spacial score (nSPS) is 15.2. The number of benzene rings is 2. The lowest BCUT2D eigenvalue weighted by atomic mass is 10.1. The molecule has 2 amide bonds. The molecular formula is C24H30N2O2. The van der Waals surface area contributed by atoms with Crippen molar-refractivity contribution in [2.24, 2.45) is 0 Å². The largest absolute Gasteiger partial charge is 0.352 e. The Hall–Kier alpha value is -2.62. The van der Waals surface area contributed by atoms with Crippen LogP contribution in [0.15, 0.2) is 60.7 Å². The van der Waals surface area contributed by atoms with E-state index in [0.29, 0.717) is 19.4 Å². The quantitative estimate of drug-likeness (QED) is 0.752. The molecule has 1 fully saturated rings. The number of nitrogens with one attached hydrogen (secondary N) is 1. The van der Waals surface area contributed by atoms with E-state index in [-0.39, 0.29) is 17.9 Å². The summed E-state index contributed by atoms with van der Waals surface area (Å²) in [7, 11) is 0. The van der Waals surface area contributed by atoms with Crippen molar-refractivity contribution in [3.63, 3.8) is 0 Å². The molecule has 2 aromatic rings. The molecule has 0 aliphatic heterocycles. The number of amides is 2. The minimum atomic E-state index is -0.447. The van der Waals surface area contributed by atoms with Crippen LogP contribution in [0, 0.1) is 0 Å². The number of hydrogen-bond donors (Lipinski definition) is 1. The van der Waals surface area contributed by atoms with Crippen LogP contribution in [-0.2, 0) is 22.6 Å². The molecule has 1 saturated carbocycles. The SMILES string of the molecule is CCC(C(=O)NC1CCCC1)N(Cc1ccccc1)C(=O)Cc1ccccc1. The number of nitrogens with zero attached hydrogens (tertiary/aromatic N) is 1. The Balaban J connectivity index is 1.78. The minimum Gasteiger partial charge on any atom is -0.352 e. The summed E-state index contributed by atoms with van der Waals surface area (Å²) >= 11 is 0. The van der Waals surface area contributed by atoms with Gasteiger partial charge in [-0.25, -0.2) is 0 Å². The first kappa shape index (κ1) is 20.1. The summed E-state index contributed by atoms with van der Waals surface area (Å²) in [5.41, 5.74) is 2.01. The molecule has 0 bridgehead atoms. The zero-order valence-electron chi connectivity index (χ0n) is 16.6. The fraction of sp³-hybridized carbons (Fsp3) is 0.417. The van der Waals surface area contributed by atoms with Gasteiger partial charge in [0, 0.05) is 12.6 Å². The number of rotatable bonds is 8. The summed E-state index contributed by atoms with van der Waals surface area (Å²) in [5.74, 6) is -0.0322. The highest BCUT2D eigenvalue weighted by atomic mass is 16.2. The van der Waals surface area contributed by atoms with Gasteiger partial charge in [0.25, 0.3) is 0 Å². The van der Waals surface area contributed by atoms with E-state index in [0.717, 1.165) is 24.0 Å². The van der Waals surface area contributed by atoms with Gasteiger partial charge in [-0.2, -0.15) is 0 Å². The third kappa shape index (κ3) is 5.44. The third-order valence-corrected chi connectivity index (χ3v) is 5.48. The van der Waals surface area contributed by atoms with Crippen LogP contribution in [0.5, 0.6) is 0 Å². The summed E-state index contributed by atoms with van der Waals surface area (Å²) in [5, 5.41) is 3.18. The van der Waals surface area contributed by atoms with Crippen molar-refractivity contribution in [1.82, 2.24) is 10.2 Å². The molecule has 1 unspecified atom stereocenters. The number of carbonyl (C=O) groups is 2. The van der Waals surface area contributed by atoms with Crippen LogP contribution in [0.25, 0.3) is 0 Å². The Bertz CT molecular complexity index is 755. The zero-order chi connectivity index (χ0) is 19.8. The van der Waals surface area contributed by atoms with E-state index >= 15 is 0 Å². The molecule has 2 aromatic carbocycles. The predicted molar refractivity (Wildman–Crippen MR) is 112 cm³/mol. The van der Waals surface area contributed by atoms with Gasteiger partial charge < -0.3 is 10.2 Å². The molecule has 0 radical (unpaired) electrons. The van der Waals surface area contributed by atoms with E-state index in [4.69, 9.17) is 0 Å². The molecule has 28 heavy (non-hydrogen) atoms. The second-order valence-corrected chi connectivity index (χ2v) is 7.58. The first-order valence-corrected chi connectivity index (χ1v) is 10.3. The van der Waals surface area contributed by atoms with Gasteiger partial charge in [-0.15, -0.1) is 0 Å². The van der Waals surface area contributed by atoms with E-state index in [1.54, 1.807) is 4.90 Å². The molecular weight excluding hydrogens is 348 g/mol. The van der Waals surface area contributed by atoms with E-state index in [9.17, 15) is 9.59 Å². The van der Waals surface area contributed by atoms with Crippen molar-refractivity contribution in [3.05, 3.63) is 71.8 Å². The van der Waals surface area contributed by atoms with Gasteiger partial charge in [0.1, 0.15) is 6.04 Å². The first-order valence-electron chi connectivity index (χ1n) is 10.3. The van der Waals surface area contributed by atoms with Crippen LogP contribution in [0.3, 0.4) is 0 Å². The maximum atomic E-state index is 13.2. The standard InChI is InChI=1S/C24H30N2O2/c1-2-22(24(28)25-21-15-9-10-16-21)26(18-20-13-7-4-8-14-20)23(27)17-19-11-5-3-6-12-19/h3-8,11-14,21-22H,2,9-10,15-18H2,1H3,(H,25,28). The second-order valence-electron chi connectivity index (χ2n) is 7.58. The number of hydrogen-bond acceptors (Lipinski definition) is 2. The molecule has 0 aromatic heterocycles. The van der Waals surface area contributed by atoms with Crippen molar-refractivity contribution in [3.8, 4) is 0 Å². The van der Waals surface area contributed by atoms with Gasteiger partial charge >= 0.3 is 0 Å². The fourth-order valence-electron chi connectivity index (χ4n) is 3.94. The molecule has 0 saturated heterocycles. The van der Waals surface area contributed by atoms with Crippen LogP contribution in [0.1, 0.15) is 50.2 Å². The van der Waals surface area contributed by atoms with Crippen molar-refractivity contribution < 1.29 is 9.59 Å². The Morgan fingerprint density at radius 3 is 2.11 bits per heavy atom. The van der Waals surface area contributed by atoms with E-state index in [2.05, 4.69) is 5.32 Å². The van der Waals surface area contributed by atoms with Gasteiger partial charge in [0.05, 0.1) is 6.42 Å². The van der Waals surface area contributed by atoms with Gasteiger partial charge in [0.15, 0.2) is 0 Å². The highest BCUT2D eigenvalue weighted by molar-refractivity contribution is 5.88. The summed E-state index contributed by atoms with van der Waals surface area (Å²) in [6.45, 7) is 2.43. The van der Waals surface area contributed by atoms with Crippen molar-refractivity contribution in [2.75, 3.05) is 0 Å². The lowest BCUT2D eigenvalue weighted by Gasteiger charge is -2.31. The van der Waals surface area contributed by atoms with E-state index in [1.807, 2.05) is 67.6 Å². The monoisotopic (exact) mass is 378 g/mol. The Morgan fingerprint density at radius 1 is 0.964 bits per heavy atom. The smallest absolute Gasteiger partial charge is 0.243 e. The van der Waals surface area contributed by atoms with Crippen molar-refractivity contribution in [2.45, 2.75) is 64.1 Å². The van der Waals surface area contributed by atoms with Crippen molar-refractivity contribution in [1.29, 1.82) is 0 Å². The zero-order valence-corrected chi connectivity index (χ0v) is 16.6. The summed E-state index contributed by atoms with van der Waals surface area (Å²) in [4.78, 5) is 28.0. The maximum absolute atomic E-state index is 13.2. The molecule has 0 spiro atoms. The molecule has 1 N–H and O–H groups in total. The predicted octanol–water partition coefficient (Wildman–Crippen LogP) is 4.10. The Morgan fingerprint density at radius 2 is 1.54 bits per heavy atom. The van der Waals surface area contributed by atoms with E-state index in [1.165, 1.54) is 12.8 Å². The van der Waals surface area contributed by atoms with Crippen LogP contribution in [-0.4, -0.2) is 28.8 Å². The molecule has 4 heteroatoms. The van der Waals surface area contributed by atoms with Gasteiger partial charge in [0.2, 0.25) is 11.8 Å². The fourth-order valence-corrected chi connectivity index (χ4v) is 3.94. The molecule has 3 rings (SSSR count). The summed E-state index contributed by atoms with van der Waals surface area (Å²) in [6, 6.07) is 19.4. The molecule has 148 valence electrons. The summed E-state index contributed by atoms with van der Waals surface area (Å²) in [6.07, 6.45) is 5.33. The maximum Gasteiger partial charge on any atom is 0.243 e. The summed E-state index contributed by atoms with van der Waals surface area (Å²) < 4.78 is 0. The average molecular weight is 379 g/mol. The molecule has 1 aliphatic carbocycles. The molecule has 4 nitrogen and oxygen atoms in total. The molecule has 1 aliphatic rings. The van der Waals surface area contributed by atoms with Crippen LogP contribution in [0.4, 0.5) is 0 Å². The second kappa shape index (κ2) is 10.1. The van der Waals surface area contributed by atoms with E-state index < -0.39 is 6.04 Å². The van der Waals surface area contributed by atoms with Crippen LogP contribution >= 0.6 is 0 Å². The van der Waals surface area contributed by atoms with Gasteiger partial charge in [-0.3, -0.25) is 9.59 Å². The Kier molecular flexibility index (Phi) is 7.24. The van der Waals surface area contributed by atoms with Crippen LogP contribution < -0.4 is 5.32 Å². The average Bonchev–Trinajstić information content (AvgIpc) is 3.22. The Labute approximate surface area is 167 Å². The lowest BCUT2D eigenvalue weighted by Crippen LogP contribution is -2.51. The highest BCUT2D eigenvalue weighted by Gasteiger charge is 2.30. The molecule has 0 heterocycles. The lowest BCUT2D eigenvalue weighted by molar-refractivity contribution is -0.141. The third-order valence-electron chi connectivity index (χ3n) is 5.48. The van der Waals surface area contributed by atoms with Gasteiger partial charge in [-0.1, -0.05) is 80.4 Å². The van der Waals surface area contributed by atoms with Gasteiger partial charge in [-0.05, 0) is 30.4 Å². The number of carbonyl (C=O) groups excluding carboxylic acids is 2.